The number of unbranched alkanes of at least 4 members (excludes halogenated alkanes) is 8. The van der Waals surface area contributed by atoms with E-state index in [2.05, 4.69) is 255 Å². The summed E-state index contributed by atoms with van der Waals surface area (Å²) < 4.78 is 0. The van der Waals surface area contributed by atoms with Gasteiger partial charge >= 0.3 is 0 Å². The maximum absolute atomic E-state index is 3.01. The first-order chi connectivity index (χ1) is 49.1. The van der Waals surface area contributed by atoms with Crippen LogP contribution in [0, 0.1) is 0 Å². The molecule has 572 valence electrons. The average molecular weight is 1440 g/mol. The average Bonchev–Trinajstić information content (AvgIpc) is 1.28. The van der Waals surface area contributed by atoms with E-state index in [1.54, 1.807) is 98.7 Å². The fourth-order valence-corrected chi connectivity index (χ4v) is 41.5. The van der Waals surface area contributed by atoms with Gasteiger partial charge in [0.05, 0.1) is 16.1 Å². The first-order valence-corrected chi connectivity index (χ1v) is 49.2. The number of hydrogen-bond donors (Lipinski definition) is 0. The van der Waals surface area contributed by atoms with Crippen LogP contribution in [0.25, 0.3) is 65.3 Å². The third-order valence-electron chi connectivity index (χ3n) is 30.9. The van der Waals surface area contributed by atoms with E-state index in [-0.39, 0.29) is 43.3 Å². The molecule has 0 N–H and O–H groups in total. The summed E-state index contributed by atoms with van der Waals surface area (Å²) in [5.74, 6) is 0. The molecule has 0 bridgehead atoms. The smallest absolute Gasteiger partial charge is 0.0654 e. The predicted molar refractivity (Wildman–Crippen MR) is 473 cm³/mol. The molecule has 104 heavy (non-hydrogen) atoms. The molecule has 0 aliphatic heterocycles. The minimum atomic E-state index is -2.34. The monoisotopic (exact) mass is 1440 g/mol. The SMILES string of the molecule is CCCCC1(CCCC)CC(C)(C)c2c1cc1c(c2-c2cc3c([Si](C(C)C)(C(C)C)C(C)C)ccc4c5cc(-c6c7c(cc8c6C(C)(C)CC8(CCCC)CCCC)C(CCCC)(CCCC)CC7(C)C)cc6c([Si](C(C)C)(C(C)C)C(C)C)ccc(c(c2)c34)c65)C(C)(C)CC1(CCCC)CCCC. The molecule has 0 nitrogen and oxygen atoms in total. The minimum absolute atomic E-state index is 0.00712. The van der Waals surface area contributed by atoms with Gasteiger partial charge in [0, 0.05) is 0 Å². The van der Waals surface area contributed by atoms with Gasteiger partial charge in [0.25, 0.3) is 0 Å². The molecule has 4 aliphatic rings. The van der Waals surface area contributed by atoms with Crippen molar-refractivity contribution >= 4 is 69.6 Å². The van der Waals surface area contributed by atoms with Crippen LogP contribution in [0.15, 0.2) is 60.7 Å². The highest BCUT2D eigenvalue weighted by atomic mass is 28.3. The number of fused-ring (bicyclic) bond motifs is 6. The van der Waals surface area contributed by atoms with Crippen LogP contribution in [-0.2, 0) is 43.3 Å². The summed E-state index contributed by atoms with van der Waals surface area (Å²) >= 11 is 0. The van der Waals surface area contributed by atoms with E-state index in [0.717, 1.165) is 0 Å². The van der Waals surface area contributed by atoms with E-state index in [0.29, 0.717) is 33.2 Å². The predicted octanol–water partition coefficient (Wildman–Crippen LogP) is 32.0. The Morgan fingerprint density at radius 1 is 0.269 bits per heavy atom. The third kappa shape index (κ3) is 12.7. The van der Waals surface area contributed by atoms with Crippen LogP contribution in [0.4, 0.5) is 0 Å². The second-order valence-electron chi connectivity index (χ2n) is 41.4. The van der Waals surface area contributed by atoms with Crippen molar-refractivity contribution in [1.82, 2.24) is 0 Å². The summed E-state index contributed by atoms with van der Waals surface area (Å²) in [7, 11) is -4.67. The highest BCUT2D eigenvalue weighted by Gasteiger charge is 2.58. The Balaban J connectivity index is 1.43. The number of hydrogen-bond acceptors (Lipinski definition) is 0. The molecule has 2 heteroatoms. The van der Waals surface area contributed by atoms with Gasteiger partial charge in [-0.1, -0.05) is 343 Å². The lowest BCUT2D eigenvalue weighted by molar-refractivity contribution is 0.287. The van der Waals surface area contributed by atoms with Gasteiger partial charge in [0.1, 0.15) is 0 Å². The molecule has 0 amide bonds. The molecule has 0 spiro atoms. The maximum Gasteiger partial charge on any atom is 0.0950 e. The van der Waals surface area contributed by atoms with Gasteiger partial charge in [-0.05, 0) is 288 Å². The zero-order chi connectivity index (χ0) is 76.0. The van der Waals surface area contributed by atoms with Crippen LogP contribution in [0.2, 0.25) is 33.2 Å². The molecule has 0 fully saturated rings. The van der Waals surface area contributed by atoms with Crippen molar-refractivity contribution < 1.29 is 0 Å². The molecular weight excluding hydrogens is 1280 g/mol. The van der Waals surface area contributed by atoms with Crippen molar-refractivity contribution in [3.05, 3.63) is 105 Å². The summed E-state index contributed by atoms with van der Waals surface area (Å²) in [6.45, 7) is 73.4. The van der Waals surface area contributed by atoms with E-state index in [9.17, 15) is 0 Å². The Labute approximate surface area is 643 Å². The summed E-state index contributed by atoms with van der Waals surface area (Å²) in [6, 6.07) is 29.0. The normalized spacial score (nSPS) is 18.9. The largest absolute Gasteiger partial charge is 0.0950 e. The number of rotatable bonds is 34. The van der Waals surface area contributed by atoms with E-state index in [1.165, 1.54) is 201 Å². The van der Waals surface area contributed by atoms with Crippen molar-refractivity contribution in [2.75, 3.05) is 0 Å². The van der Waals surface area contributed by atoms with Crippen molar-refractivity contribution in [3.63, 3.8) is 0 Å². The van der Waals surface area contributed by atoms with Crippen LogP contribution in [0.5, 0.6) is 0 Å². The lowest BCUT2D eigenvalue weighted by Crippen LogP contribution is -2.56. The summed E-state index contributed by atoms with van der Waals surface area (Å²) in [5, 5.41) is 15.9. The standard InChI is InChI=1S/C102H156Si2/c1-29-37-49-99(50-38-30-2)63-95(21,22)91-81(99)61-82-92(96(23,24)64-100(82,51-39-31-3)52-40-32-4)87(91)73-57-77-75-45-48-86(104(70(15)16,71(17)18)72(19)20)80-60-74(58-78(90(75)80)76-46-47-85(79(59-73)89(76)77)103(67(9)10,68(11)12)69(13)14)88-93-83(101(53-41-33-5,54-42-34-6)65-97(93,25)26)62-84-94(88)98(27,28)66-102(84,55-43-35-7)56-44-36-8/h45-48,57-62,67-72H,29-44,49-56,63-66H2,1-28H3. The second-order valence-corrected chi connectivity index (χ2v) is 53.1. The Morgan fingerprint density at radius 3 is 0.663 bits per heavy atom. The summed E-state index contributed by atoms with van der Waals surface area (Å²) in [5.41, 5.74) is 24.6. The molecule has 0 unspecified atom stereocenters. The fraction of sp³-hybridized carbons (Fsp3) is 0.686. The molecule has 0 heterocycles. The molecular formula is C102H156Si2. The Morgan fingerprint density at radius 2 is 0.471 bits per heavy atom. The van der Waals surface area contributed by atoms with Crippen LogP contribution in [-0.4, -0.2) is 16.1 Å². The minimum Gasteiger partial charge on any atom is -0.0654 e. The second kappa shape index (κ2) is 30.2. The van der Waals surface area contributed by atoms with Crippen LogP contribution in [0.1, 0.15) is 418 Å². The Bertz CT molecular complexity index is 3720. The van der Waals surface area contributed by atoms with Gasteiger partial charge in [-0.2, -0.15) is 0 Å². The van der Waals surface area contributed by atoms with Crippen LogP contribution >= 0.6 is 0 Å². The van der Waals surface area contributed by atoms with Gasteiger partial charge in [-0.15, -0.1) is 0 Å². The van der Waals surface area contributed by atoms with Gasteiger partial charge in [0.2, 0.25) is 0 Å². The van der Waals surface area contributed by atoms with Gasteiger partial charge in [0.15, 0.2) is 0 Å². The highest BCUT2D eigenvalue weighted by Crippen LogP contribution is 2.68. The maximum atomic E-state index is 3.01. The zero-order valence-electron chi connectivity index (χ0n) is 73.0. The number of benzene rings is 7. The van der Waals surface area contributed by atoms with E-state index >= 15 is 0 Å². The molecule has 11 rings (SSSR count). The first kappa shape index (κ1) is 81.3. The Hall–Kier alpha value is -3.73. The van der Waals surface area contributed by atoms with E-state index in [4.69, 9.17) is 0 Å². The van der Waals surface area contributed by atoms with Crippen molar-refractivity contribution in [2.24, 2.45) is 0 Å². The first-order valence-electron chi connectivity index (χ1n) is 44.8. The summed E-state index contributed by atoms with van der Waals surface area (Å²) in [4.78, 5) is 0. The van der Waals surface area contributed by atoms with Crippen molar-refractivity contribution in [3.8, 4) is 22.3 Å². The lowest BCUT2D eigenvalue weighted by Gasteiger charge is -2.45. The van der Waals surface area contributed by atoms with Crippen molar-refractivity contribution in [2.45, 2.75) is 450 Å². The van der Waals surface area contributed by atoms with Crippen LogP contribution in [0.3, 0.4) is 0 Å². The molecule has 0 saturated heterocycles. The molecule has 7 aromatic carbocycles. The summed E-state index contributed by atoms with van der Waals surface area (Å²) in [6.07, 6.45) is 35.9. The quantitative estimate of drug-likeness (QED) is 0.0214. The molecule has 7 aromatic rings. The molecule has 0 aromatic heterocycles. The topological polar surface area (TPSA) is 0 Å². The van der Waals surface area contributed by atoms with Gasteiger partial charge in [-0.3, -0.25) is 0 Å². The molecule has 0 saturated carbocycles. The molecule has 0 radical (unpaired) electrons. The molecule has 0 atom stereocenters. The lowest BCUT2D eigenvalue weighted by atomic mass is 9.69. The third-order valence-corrected chi connectivity index (χ3v) is 45.1. The molecule has 4 aliphatic carbocycles. The fourth-order valence-electron chi connectivity index (χ4n) is 27.7. The van der Waals surface area contributed by atoms with Gasteiger partial charge < -0.3 is 0 Å². The van der Waals surface area contributed by atoms with Crippen LogP contribution < -0.4 is 10.4 Å². The van der Waals surface area contributed by atoms with E-state index < -0.39 is 16.1 Å². The van der Waals surface area contributed by atoms with Crippen molar-refractivity contribution in [1.29, 1.82) is 0 Å². The van der Waals surface area contributed by atoms with E-state index in [1.807, 2.05) is 0 Å². The zero-order valence-corrected chi connectivity index (χ0v) is 75.0. The highest BCUT2D eigenvalue weighted by molar-refractivity contribution is 6.97. The Kier molecular flexibility index (Phi) is 23.6. The van der Waals surface area contributed by atoms with Gasteiger partial charge in [-0.25, -0.2) is 0 Å².